The lowest BCUT2D eigenvalue weighted by atomic mass is 10.1. The van der Waals surface area contributed by atoms with Gasteiger partial charge in [0.2, 0.25) is 0 Å². The maximum atomic E-state index is 11.5. The minimum absolute atomic E-state index is 0.0219. The summed E-state index contributed by atoms with van der Waals surface area (Å²) in [6.07, 6.45) is 0. The molecule has 2 aromatic heterocycles. The highest BCUT2D eigenvalue weighted by molar-refractivity contribution is 9.10. The summed E-state index contributed by atoms with van der Waals surface area (Å²) in [5, 5.41) is 26.5. The molecule has 0 bridgehead atoms. The number of carboxylic acid groups (broad SMARTS) is 1. The number of nitrogens with zero attached hydrogens (tertiary/aromatic N) is 2. The molecule has 0 saturated carbocycles. The topological polar surface area (TPSA) is 99.1 Å². The smallest absolute Gasteiger partial charge is 0.336 e. The van der Waals surface area contributed by atoms with Crippen molar-refractivity contribution in [2.45, 2.75) is 6.92 Å². The number of H-pyrrole nitrogens is 1. The molecular weight excluding hydrogens is 338 g/mol. The molecule has 6 nitrogen and oxygen atoms in total. The van der Waals surface area contributed by atoms with Gasteiger partial charge in [-0.25, -0.2) is 9.78 Å². The first-order chi connectivity index (χ1) is 9.97. The van der Waals surface area contributed by atoms with Gasteiger partial charge in [0.25, 0.3) is 0 Å². The third-order valence-corrected chi connectivity index (χ3v) is 3.66. The van der Waals surface area contributed by atoms with Gasteiger partial charge in [-0.2, -0.15) is 5.10 Å². The molecule has 0 fully saturated rings. The highest BCUT2D eigenvalue weighted by atomic mass is 79.9. The largest absolute Gasteiger partial charge is 0.507 e. The third kappa shape index (κ3) is 2.25. The van der Waals surface area contributed by atoms with Gasteiger partial charge in [-0.1, -0.05) is 15.9 Å². The van der Waals surface area contributed by atoms with E-state index in [4.69, 9.17) is 0 Å². The van der Waals surface area contributed by atoms with E-state index in [0.29, 0.717) is 28.0 Å². The average molecular weight is 348 g/mol. The number of halogens is 1. The van der Waals surface area contributed by atoms with E-state index in [0.717, 1.165) is 4.47 Å². The first-order valence-electron chi connectivity index (χ1n) is 6.05. The Kier molecular flexibility index (Phi) is 3.13. The molecule has 0 amide bonds. The quantitative estimate of drug-likeness (QED) is 0.661. The summed E-state index contributed by atoms with van der Waals surface area (Å²) in [5.41, 5.74) is 1.84. The van der Waals surface area contributed by atoms with Crippen LogP contribution >= 0.6 is 15.9 Å². The Hall–Kier alpha value is -2.41. The van der Waals surface area contributed by atoms with Crippen LogP contribution in [0.5, 0.6) is 5.75 Å². The van der Waals surface area contributed by atoms with Crippen LogP contribution < -0.4 is 0 Å². The zero-order chi connectivity index (χ0) is 15.1. The number of aromatic carboxylic acids is 1. The normalized spacial score (nSPS) is 11.0. The first kappa shape index (κ1) is 13.6. The van der Waals surface area contributed by atoms with Crippen LogP contribution in [0.15, 0.2) is 28.7 Å². The fourth-order valence-electron chi connectivity index (χ4n) is 2.19. The van der Waals surface area contributed by atoms with E-state index < -0.39 is 5.97 Å². The Labute approximate surface area is 127 Å². The number of rotatable bonds is 2. The predicted octanol–water partition coefficient (Wildman–Crippen LogP) is 3.10. The van der Waals surface area contributed by atoms with Crippen molar-refractivity contribution in [1.29, 1.82) is 0 Å². The number of aromatic nitrogens is 3. The molecule has 7 heteroatoms. The summed E-state index contributed by atoms with van der Waals surface area (Å²) in [6.45, 7) is 1.74. The Morgan fingerprint density at radius 2 is 2.10 bits per heavy atom. The molecule has 3 aromatic rings. The molecular formula is C14H10BrN3O3. The fraction of sp³-hybridized carbons (Fsp3) is 0.0714. The number of aromatic amines is 1. The van der Waals surface area contributed by atoms with E-state index in [1.807, 2.05) is 0 Å². The number of aryl methyl sites for hydroxylation is 1. The molecule has 106 valence electrons. The molecule has 0 aliphatic heterocycles. The molecule has 0 saturated heterocycles. The number of pyridine rings is 1. The molecule has 0 radical (unpaired) electrons. The van der Waals surface area contributed by atoms with E-state index >= 15 is 0 Å². The number of fused-ring (bicyclic) bond motifs is 1. The molecule has 0 aliphatic rings. The second-order valence-electron chi connectivity index (χ2n) is 4.57. The van der Waals surface area contributed by atoms with Crippen molar-refractivity contribution in [3.05, 3.63) is 40.0 Å². The summed E-state index contributed by atoms with van der Waals surface area (Å²) < 4.78 is 0.757. The number of aromatic hydroxyl groups is 1. The van der Waals surface area contributed by atoms with E-state index in [2.05, 4.69) is 31.1 Å². The van der Waals surface area contributed by atoms with Crippen LogP contribution in [0, 0.1) is 6.92 Å². The number of hydrogen-bond donors (Lipinski definition) is 3. The van der Waals surface area contributed by atoms with Gasteiger partial charge in [-0.3, -0.25) is 5.10 Å². The van der Waals surface area contributed by atoms with Gasteiger partial charge >= 0.3 is 5.97 Å². The fourth-order valence-corrected chi connectivity index (χ4v) is 2.56. The van der Waals surface area contributed by atoms with Gasteiger partial charge in [0, 0.05) is 15.7 Å². The minimum atomic E-state index is -1.07. The van der Waals surface area contributed by atoms with Crippen molar-refractivity contribution in [1.82, 2.24) is 15.2 Å². The van der Waals surface area contributed by atoms with E-state index in [1.165, 1.54) is 12.1 Å². The maximum absolute atomic E-state index is 11.5. The standard InChI is InChI=1S/C14H10BrN3O3/c1-6-12-9(14(20)21)5-10(16-13(12)18-17-6)8-4-7(15)2-3-11(8)19/h2-5,19H,1H3,(H,20,21)(H,16,17,18). The van der Waals surface area contributed by atoms with Crippen LogP contribution in [0.25, 0.3) is 22.3 Å². The SMILES string of the molecule is Cc1[nH]nc2nc(-c3cc(Br)ccc3O)cc(C(=O)O)c12. The summed E-state index contributed by atoms with van der Waals surface area (Å²) >= 11 is 3.32. The third-order valence-electron chi connectivity index (χ3n) is 3.17. The van der Waals surface area contributed by atoms with Crippen molar-refractivity contribution < 1.29 is 15.0 Å². The minimum Gasteiger partial charge on any atom is -0.507 e. The highest BCUT2D eigenvalue weighted by Gasteiger charge is 2.18. The number of hydrogen-bond acceptors (Lipinski definition) is 4. The number of phenols is 1. The molecule has 2 heterocycles. The predicted molar refractivity (Wildman–Crippen MR) is 80.4 cm³/mol. The van der Waals surface area contributed by atoms with Crippen LogP contribution in [0.1, 0.15) is 16.1 Å². The Morgan fingerprint density at radius 1 is 1.33 bits per heavy atom. The van der Waals surface area contributed by atoms with Crippen molar-refractivity contribution in [2.24, 2.45) is 0 Å². The molecule has 3 N–H and O–H groups in total. The van der Waals surface area contributed by atoms with E-state index in [-0.39, 0.29) is 11.3 Å². The van der Waals surface area contributed by atoms with Crippen LogP contribution in [0.2, 0.25) is 0 Å². The Balaban J connectivity index is 2.34. The number of carboxylic acids is 1. The Morgan fingerprint density at radius 3 is 2.81 bits per heavy atom. The average Bonchev–Trinajstić information content (AvgIpc) is 2.82. The number of carbonyl (C=O) groups is 1. The second kappa shape index (κ2) is 4.85. The number of nitrogens with one attached hydrogen (secondary N) is 1. The molecule has 0 atom stereocenters. The lowest BCUT2D eigenvalue weighted by molar-refractivity contribution is 0.0699. The van der Waals surface area contributed by atoms with Crippen LogP contribution in [-0.4, -0.2) is 31.4 Å². The van der Waals surface area contributed by atoms with Gasteiger partial charge in [-0.15, -0.1) is 0 Å². The number of benzene rings is 1. The second-order valence-corrected chi connectivity index (χ2v) is 5.48. The van der Waals surface area contributed by atoms with Crippen LogP contribution in [0.3, 0.4) is 0 Å². The summed E-state index contributed by atoms with van der Waals surface area (Å²) in [5.74, 6) is -1.05. The Bertz CT molecular complexity index is 873. The zero-order valence-electron chi connectivity index (χ0n) is 10.9. The summed E-state index contributed by atoms with van der Waals surface area (Å²) in [6, 6.07) is 6.32. The molecule has 0 aliphatic carbocycles. The lowest BCUT2D eigenvalue weighted by Crippen LogP contribution is -2.00. The lowest BCUT2D eigenvalue weighted by Gasteiger charge is -2.07. The van der Waals surface area contributed by atoms with Gasteiger partial charge in [0.15, 0.2) is 5.65 Å². The molecule has 3 rings (SSSR count). The van der Waals surface area contributed by atoms with Crippen molar-refractivity contribution in [2.75, 3.05) is 0 Å². The first-order valence-corrected chi connectivity index (χ1v) is 6.84. The van der Waals surface area contributed by atoms with Crippen molar-refractivity contribution in [3.63, 3.8) is 0 Å². The van der Waals surface area contributed by atoms with Gasteiger partial charge in [-0.05, 0) is 31.2 Å². The van der Waals surface area contributed by atoms with Gasteiger partial charge < -0.3 is 10.2 Å². The van der Waals surface area contributed by atoms with E-state index in [1.54, 1.807) is 19.1 Å². The molecule has 0 unspecified atom stereocenters. The van der Waals surface area contributed by atoms with Crippen molar-refractivity contribution >= 4 is 32.9 Å². The summed E-state index contributed by atoms with van der Waals surface area (Å²) in [7, 11) is 0. The summed E-state index contributed by atoms with van der Waals surface area (Å²) in [4.78, 5) is 15.8. The van der Waals surface area contributed by atoms with Crippen LogP contribution in [0.4, 0.5) is 0 Å². The number of phenolic OH excluding ortho intramolecular Hbond substituents is 1. The van der Waals surface area contributed by atoms with Crippen LogP contribution in [-0.2, 0) is 0 Å². The molecule has 0 spiro atoms. The van der Waals surface area contributed by atoms with Gasteiger partial charge in [0.1, 0.15) is 5.75 Å². The molecule has 1 aromatic carbocycles. The van der Waals surface area contributed by atoms with Crippen molar-refractivity contribution in [3.8, 4) is 17.0 Å². The monoisotopic (exact) mass is 347 g/mol. The van der Waals surface area contributed by atoms with E-state index in [9.17, 15) is 15.0 Å². The molecule has 21 heavy (non-hydrogen) atoms. The zero-order valence-corrected chi connectivity index (χ0v) is 12.5. The highest BCUT2D eigenvalue weighted by Crippen LogP contribution is 2.33. The van der Waals surface area contributed by atoms with Gasteiger partial charge in [0.05, 0.1) is 16.6 Å². The maximum Gasteiger partial charge on any atom is 0.336 e.